The van der Waals surface area contributed by atoms with E-state index in [-0.39, 0.29) is 17.2 Å². The summed E-state index contributed by atoms with van der Waals surface area (Å²) in [5, 5.41) is 1.53. The van der Waals surface area contributed by atoms with Crippen LogP contribution in [-0.4, -0.2) is 24.5 Å². The molecule has 0 fully saturated rings. The molecule has 3 aromatic heterocycles. The smallest absolute Gasteiger partial charge is 0.308 e. The highest BCUT2D eigenvalue weighted by molar-refractivity contribution is 6.10. The maximum Gasteiger partial charge on any atom is 0.416 e. The largest absolute Gasteiger partial charge is 0.416 e. The van der Waals surface area contributed by atoms with Crippen molar-refractivity contribution in [3.8, 4) is 84.6 Å². The third-order valence-electron chi connectivity index (χ3n) is 12.1. The SMILES string of the molecule is FC(F)(F)c1cc(-c2ccc3c4ccccc4n(-c4ccc(-c5nc(-c6ccccc6)cc(-c6ccccc6)n5)cc4-c4nc(-c5ccccc5)cc(-c5ccccc5)n4)c3c2)cc(C(F)(F)F)c1. The van der Waals surface area contributed by atoms with Gasteiger partial charge in [-0.25, -0.2) is 19.9 Å². The van der Waals surface area contributed by atoms with E-state index in [1.54, 1.807) is 18.2 Å². The van der Waals surface area contributed by atoms with E-state index >= 15 is 0 Å². The van der Waals surface area contributed by atoms with Crippen LogP contribution in [0, 0.1) is 0 Å². The van der Waals surface area contributed by atoms with Crippen molar-refractivity contribution in [2.24, 2.45) is 0 Å². The Kier molecular flexibility index (Phi) is 10.7. The van der Waals surface area contributed by atoms with Crippen LogP contribution in [0.15, 0.2) is 212 Å². The molecule has 0 atom stereocenters. The van der Waals surface area contributed by atoms with Gasteiger partial charge in [0.15, 0.2) is 11.6 Å². The summed E-state index contributed by atoms with van der Waals surface area (Å²) in [7, 11) is 0. The Morgan fingerprint density at radius 1 is 0.304 bits per heavy atom. The summed E-state index contributed by atoms with van der Waals surface area (Å²) in [4.78, 5) is 20.8. The molecule has 69 heavy (non-hydrogen) atoms. The van der Waals surface area contributed by atoms with Crippen molar-refractivity contribution in [1.29, 1.82) is 0 Å². The number of aromatic nitrogens is 5. The maximum absolute atomic E-state index is 14.2. The van der Waals surface area contributed by atoms with E-state index in [1.807, 2.05) is 180 Å². The monoisotopic (exact) mass is 915 g/mol. The lowest BCUT2D eigenvalue weighted by Gasteiger charge is -2.17. The van der Waals surface area contributed by atoms with Crippen molar-refractivity contribution >= 4 is 21.8 Å². The minimum Gasteiger partial charge on any atom is -0.308 e. The molecule has 3 heterocycles. The second kappa shape index (κ2) is 17.2. The molecule has 11 heteroatoms. The van der Waals surface area contributed by atoms with Crippen LogP contribution in [0.25, 0.3) is 106 Å². The van der Waals surface area contributed by atoms with Crippen molar-refractivity contribution in [1.82, 2.24) is 24.5 Å². The van der Waals surface area contributed by atoms with Crippen LogP contribution in [0.3, 0.4) is 0 Å². The van der Waals surface area contributed by atoms with E-state index in [0.717, 1.165) is 50.7 Å². The first-order valence-corrected chi connectivity index (χ1v) is 21.9. The first-order valence-electron chi connectivity index (χ1n) is 21.9. The third-order valence-corrected chi connectivity index (χ3v) is 12.1. The van der Waals surface area contributed by atoms with Crippen molar-refractivity contribution in [2.45, 2.75) is 12.4 Å². The van der Waals surface area contributed by atoms with E-state index < -0.39 is 23.5 Å². The zero-order valence-electron chi connectivity index (χ0n) is 36.2. The fourth-order valence-electron chi connectivity index (χ4n) is 8.75. The van der Waals surface area contributed by atoms with Gasteiger partial charge < -0.3 is 4.57 Å². The van der Waals surface area contributed by atoms with Crippen molar-refractivity contribution < 1.29 is 26.3 Å². The normalized spacial score (nSPS) is 11.9. The Labute approximate surface area is 391 Å². The molecule has 334 valence electrons. The number of hydrogen-bond donors (Lipinski definition) is 0. The van der Waals surface area contributed by atoms with Gasteiger partial charge in [0, 0.05) is 44.2 Å². The predicted molar refractivity (Wildman–Crippen MR) is 260 cm³/mol. The van der Waals surface area contributed by atoms with Crippen molar-refractivity contribution in [2.75, 3.05) is 0 Å². The van der Waals surface area contributed by atoms with E-state index in [0.29, 0.717) is 56.8 Å². The van der Waals surface area contributed by atoms with Crippen molar-refractivity contribution in [3.05, 3.63) is 223 Å². The molecule has 0 amide bonds. The lowest BCUT2D eigenvalue weighted by atomic mass is 9.98. The number of fused-ring (bicyclic) bond motifs is 3. The zero-order chi connectivity index (χ0) is 47.3. The molecular weight excluding hydrogens is 881 g/mol. The second-order valence-corrected chi connectivity index (χ2v) is 16.5. The van der Waals surface area contributed by atoms with Gasteiger partial charge in [0.1, 0.15) is 0 Å². The van der Waals surface area contributed by atoms with Gasteiger partial charge in [-0.1, -0.05) is 152 Å². The summed E-state index contributed by atoms with van der Waals surface area (Å²) in [6, 6.07) is 63.0. The van der Waals surface area contributed by atoms with Crippen LogP contribution in [0.4, 0.5) is 26.3 Å². The molecular formula is C58H35F6N5. The summed E-state index contributed by atoms with van der Waals surface area (Å²) in [5.74, 6) is 0.782. The van der Waals surface area contributed by atoms with E-state index in [9.17, 15) is 26.3 Å². The Hall–Kier alpha value is -8.70. The Morgan fingerprint density at radius 2 is 0.725 bits per heavy atom. The van der Waals surface area contributed by atoms with Crippen LogP contribution < -0.4 is 0 Å². The molecule has 0 bridgehead atoms. The fraction of sp³-hybridized carbons (Fsp3) is 0.0345. The lowest BCUT2D eigenvalue weighted by molar-refractivity contribution is -0.143. The molecule has 0 saturated heterocycles. The highest BCUT2D eigenvalue weighted by atomic mass is 19.4. The molecule has 11 aromatic rings. The summed E-state index contributed by atoms with van der Waals surface area (Å²) in [6.45, 7) is 0. The summed E-state index contributed by atoms with van der Waals surface area (Å²) in [5.41, 5.74) is 6.39. The third kappa shape index (κ3) is 8.39. The lowest BCUT2D eigenvalue weighted by Crippen LogP contribution is -2.11. The molecule has 0 spiro atoms. The molecule has 0 aliphatic heterocycles. The predicted octanol–water partition coefficient (Wildman–Crippen LogP) is 16.1. The quantitative estimate of drug-likeness (QED) is 0.143. The van der Waals surface area contributed by atoms with Gasteiger partial charge in [0.25, 0.3) is 0 Å². The van der Waals surface area contributed by atoms with Crippen LogP contribution in [0.1, 0.15) is 11.1 Å². The van der Waals surface area contributed by atoms with E-state index in [1.165, 1.54) is 0 Å². The van der Waals surface area contributed by atoms with Gasteiger partial charge in [0.05, 0.1) is 50.6 Å². The number of halogens is 6. The highest BCUT2D eigenvalue weighted by Crippen LogP contribution is 2.43. The Bertz CT molecular complexity index is 3540. The number of benzene rings is 8. The average Bonchev–Trinajstić information content (AvgIpc) is 3.72. The zero-order valence-corrected chi connectivity index (χ0v) is 36.2. The minimum absolute atomic E-state index is 0.141. The summed E-state index contributed by atoms with van der Waals surface area (Å²) < 4.78 is 87.1. The minimum atomic E-state index is -5.02. The summed E-state index contributed by atoms with van der Waals surface area (Å²) in [6.07, 6.45) is -10.0. The molecule has 11 rings (SSSR count). The molecule has 0 aliphatic rings. The topological polar surface area (TPSA) is 56.5 Å². The first kappa shape index (κ1) is 42.9. The van der Waals surface area contributed by atoms with Gasteiger partial charge in [-0.05, 0) is 71.8 Å². The van der Waals surface area contributed by atoms with Gasteiger partial charge in [-0.2, -0.15) is 26.3 Å². The molecule has 0 radical (unpaired) electrons. The van der Waals surface area contributed by atoms with Gasteiger partial charge in [-0.15, -0.1) is 0 Å². The fourth-order valence-corrected chi connectivity index (χ4v) is 8.75. The number of hydrogen-bond acceptors (Lipinski definition) is 4. The Balaban J connectivity index is 1.20. The molecule has 0 unspecified atom stereocenters. The molecule has 5 nitrogen and oxygen atoms in total. The van der Waals surface area contributed by atoms with Crippen LogP contribution in [-0.2, 0) is 12.4 Å². The Morgan fingerprint density at radius 3 is 1.20 bits per heavy atom. The van der Waals surface area contributed by atoms with Gasteiger partial charge in [-0.3, -0.25) is 0 Å². The first-order chi connectivity index (χ1) is 33.4. The average molecular weight is 916 g/mol. The number of nitrogens with zero attached hydrogens (tertiary/aromatic N) is 5. The molecule has 0 N–H and O–H groups in total. The van der Waals surface area contributed by atoms with E-state index in [2.05, 4.69) is 0 Å². The van der Waals surface area contributed by atoms with Crippen molar-refractivity contribution in [3.63, 3.8) is 0 Å². The highest BCUT2D eigenvalue weighted by Gasteiger charge is 2.37. The number of alkyl halides is 6. The molecule has 8 aromatic carbocycles. The second-order valence-electron chi connectivity index (χ2n) is 16.5. The van der Waals surface area contributed by atoms with Gasteiger partial charge in [0.2, 0.25) is 0 Å². The van der Waals surface area contributed by atoms with Crippen LogP contribution >= 0.6 is 0 Å². The standard InChI is InChI=1S/C58H35F6N5/c59-57(60,61)43-29-42(30-44(33-43)58(62,63)64)40-25-27-46-45-23-13-14-24-52(45)69(54(46)32-40)53-28-26-41(55-65-48(36-15-5-1-6-16-36)34-49(66-55)37-17-7-2-8-18-37)31-47(53)56-67-50(38-19-9-3-10-20-38)35-51(68-56)39-21-11-4-12-22-39/h1-35H. The van der Waals surface area contributed by atoms with Crippen LogP contribution in [0.2, 0.25) is 0 Å². The molecule has 0 saturated carbocycles. The maximum atomic E-state index is 14.2. The summed E-state index contributed by atoms with van der Waals surface area (Å²) >= 11 is 0. The van der Waals surface area contributed by atoms with Gasteiger partial charge >= 0.3 is 12.4 Å². The molecule has 0 aliphatic carbocycles. The van der Waals surface area contributed by atoms with Crippen LogP contribution in [0.5, 0.6) is 0 Å². The van der Waals surface area contributed by atoms with E-state index in [4.69, 9.17) is 19.9 Å². The number of para-hydroxylation sites is 1. The number of rotatable bonds is 8.